The lowest BCUT2D eigenvalue weighted by Crippen LogP contribution is -2.38. The monoisotopic (exact) mass is 266 g/mol. The zero-order valence-electron chi connectivity index (χ0n) is 11.2. The molecule has 1 amide bonds. The fraction of sp³-hybridized carbons (Fsp3) is 0.643. The summed E-state index contributed by atoms with van der Waals surface area (Å²) < 4.78 is 0. The fourth-order valence-corrected chi connectivity index (χ4v) is 3.30. The first-order valence-electron chi connectivity index (χ1n) is 6.74. The van der Waals surface area contributed by atoms with E-state index in [9.17, 15) is 4.79 Å². The van der Waals surface area contributed by atoms with Crippen molar-refractivity contribution in [3.63, 3.8) is 0 Å². The first-order valence-corrected chi connectivity index (χ1v) is 7.56. The molecular formula is C14H22N2OS. The molecule has 0 saturated heterocycles. The topological polar surface area (TPSA) is 41.1 Å². The maximum atomic E-state index is 11.8. The second-order valence-corrected chi connectivity index (χ2v) is 6.42. The predicted molar refractivity (Wildman–Crippen MR) is 75.9 cm³/mol. The van der Waals surface area contributed by atoms with Crippen molar-refractivity contribution in [2.75, 3.05) is 6.54 Å². The maximum absolute atomic E-state index is 11.8. The van der Waals surface area contributed by atoms with Gasteiger partial charge in [0.25, 0.3) is 0 Å². The van der Waals surface area contributed by atoms with Gasteiger partial charge in [-0.3, -0.25) is 4.79 Å². The molecule has 1 heterocycles. The van der Waals surface area contributed by atoms with Crippen LogP contribution in [-0.2, 0) is 4.79 Å². The van der Waals surface area contributed by atoms with Crippen molar-refractivity contribution >= 4 is 17.2 Å². The summed E-state index contributed by atoms with van der Waals surface area (Å²) in [6.45, 7) is 4.57. The number of rotatable bonds is 5. The van der Waals surface area contributed by atoms with Gasteiger partial charge in [0, 0.05) is 15.8 Å². The Hall–Kier alpha value is -0.870. The molecule has 1 saturated carbocycles. The molecule has 18 heavy (non-hydrogen) atoms. The molecule has 3 nitrogen and oxygen atoms in total. The molecule has 2 rings (SSSR count). The molecule has 1 aliphatic rings. The summed E-state index contributed by atoms with van der Waals surface area (Å²) in [4.78, 5) is 14.3. The SMILES string of the molecule is Cc1ccc(C(C)NC(=O)CNC2CCCC2)s1. The molecule has 2 N–H and O–H groups in total. The number of carbonyl (C=O) groups excluding carboxylic acids is 1. The minimum Gasteiger partial charge on any atom is -0.348 e. The van der Waals surface area contributed by atoms with E-state index in [2.05, 4.69) is 29.7 Å². The van der Waals surface area contributed by atoms with E-state index < -0.39 is 0 Å². The van der Waals surface area contributed by atoms with Gasteiger partial charge in [0.05, 0.1) is 12.6 Å². The van der Waals surface area contributed by atoms with Gasteiger partial charge in [0.1, 0.15) is 0 Å². The lowest BCUT2D eigenvalue weighted by atomic mass is 10.2. The number of thiophene rings is 1. The van der Waals surface area contributed by atoms with Crippen LogP contribution in [0.15, 0.2) is 12.1 Å². The zero-order valence-corrected chi connectivity index (χ0v) is 12.0. The van der Waals surface area contributed by atoms with E-state index >= 15 is 0 Å². The third-order valence-corrected chi connectivity index (χ3v) is 4.66. The quantitative estimate of drug-likeness (QED) is 0.860. The van der Waals surface area contributed by atoms with Crippen molar-refractivity contribution in [1.29, 1.82) is 0 Å². The van der Waals surface area contributed by atoms with Crippen LogP contribution in [0, 0.1) is 6.92 Å². The van der Waals surface area contributed by atoms with Crippen molar-refractivity contribution in [3.8, 4) is 0 Å². The molecule has 1 fully saturated rings. The molecule has 100 valence electrons. The lowest BCUT2D eigenvalue weighted by Gasteiger charge is -2.15. The summed E-state index contributed by atoms with van der Waals surface area (Å²) in [7, 11) is 0. The third-order valence-electron chi connectivity index (χ3n) is 3.47. The summed E-state index contributed by atoms with van der Waals surface area (Å²) >= 11 is 1.75. The molecule has 4 heteroatoms. The highest BCUT2D eigenvalue weighted by Crippen LogP contribution is 2.22. The normalized spacial score (nSPS) is 17.9. The Kier molecular flexibility index (Phi) is 4.78. The number of nitrogens with one attached hydrogen (secondary N) is 2. The van der Waals surface area contributed by atoms with Crippen LogP contribution in [0.25, 0.3) is 0 Å². The molecule has 0 aromatic carbocycles. The Morgan fingerprint density at radius 1 is 1.44 bits per heavy atom. The first kappa shape index (κ1) is 13.6. The maximum Gasteiger partial charge on any atom is 0.234 e. The summed E-state index contributed by atoms with van der Waals surface area (Å²) in [6, 6.07) is 4.85. The summed E-state index contributed by atoms with van der Waals surface area (Å²) in [5.41, 5.74) is 0. The molecule has 1 unspecified atom stereocenters. The van der Waals surface area contributed by atoms with Crippen LogP contribution in [0.3, 0.4) is 0 Å². The molecular weight excluding hydrogens is 244 g/mol. The lowest BCUT2D eigenvalue weighted by molar-refractivity contribution is -0.121. The Morgan fingerprint density at radius 3 is 2.78 bits per heavy atom. The second-order valence-electron chi connectivity index (χ2n) is 5.10. The number of aryl methyl sites for hydroxylation is 1. The van der Waals surface area contributed by atoms with Gasteiger partial charge < -0.3 is 10.6 Å². The average Bonchev–Trinajstić information content (AvgIpc) is 2.97. The highest BCUT2D eigenvalue weighted by atomic mass is 32.1. The van der Waals surface area contributed by atoms with Crippen LogP contribution in [0.5, 0.6) is 0 Å². The van der Waals surface area contributed by atoms with Crippen LogP contribution < -0.4 is 10.6 Å². The van der Waals surface area contributed by atoms with Crippen molar-refractivity contribution in [1.82, 2.24) is 10.6 Å². The molecule has 0 spiro atoms. The number of amides is 1. The Balaban J connectivity index is 1.73. The van der Waals surface area contributed by atoms with E-state index in [1.807, 2.05) is 6.92 Å². The van der Waals surface area contributed by atoms with Gasteiger partial charge in [-0.05, 0) is 38.8 Å². The van der Waals surface area contributed by atoms with Gasteiger partial charge in [-0.2, -0.15) is 0 Å². The van der Waals surface area contributed by atoms with Gasteiger partial charge >= 0.3 is 0 Å². The molecule has 0 radical (unpaired) electrons. The minimum atomic E-state index is 0.0976. The molecule has 1 atom stereocenters. The minimum absolute atomic E-state index is 0.0976. The first-order chi connectivity index (χ1) is 8.65. The van der Waals surface area contributed by atoms with Gasteiger partial charge in [0.15, 0.2) is 0 Å². The highest BCUT2D eigenvalue weighted by Gasteiger charge is 2.16. The van der Waals surface area contributed by atoms with Crippen LogP contribution in [-0.4, -0.2) is 18.5 Å². The van der Waals surface area contributed by atoms with Crippen LogP contribution >= 0.6 is 11.3 Å². The van der Waals surface area contributed by atoms with E-state index in [4.69, 9.17) is 0 Å². The Morgan fingerprint density at radius 2 is 2.17 bits per heavy atom. The van der Waals surface area contributed by atoms with Gasteiger partial charge in [0.2, 0.25) is 5.91 Å². The summed E-state index contributed by atoms with van der Waals surface area (Å²) in [5, 5.41) is 6.38. The number of hydrogen-bond acceptors (Lipinski definition) is 3. The summed E-state index contributed by atoms with van der Waals surface area (Å²) in [5.74, 6) is 0.0976. The van der Waals surface area contributed by atoms with E-state index in [1.54, 1.807) is 11.3 Å². The van der Waals surface area contributed by atoms with Gasteiger partial charge in [-0.15, -0.1) is 11.3 Å². The van der Waals surface area contributed by atoms with Crippen LogP contribution in [0.4, 0.5) is 0 Å². The van der Waals surface area contributed by atoms with E-state index in [1.165, 1.54) is 35.4 Å². The predicted octanol–water partition coefficient (Wildman–Crippen LogP) is 2.77. The van der Waals surface area contributed by atoms with Gasteiger partial charge in [-0.1, -0.05) is 12.8 Å². The van der Waals surface area contributed by atoms with Crippen LogP contribution in [0.2, 0.25) is 0 Å². The second kappa shape index (κ2) is 6.34. The van der Waals surface area contributed by atoms with Crippen molar-refractivity contribution < 1.29 is 4.79 Å². The molecule has 1 aromatic heterocycles. The molecule has 1 aromatic rings. The van der Waals surface area contributed by atoms with E-state index in [-0.39, 0.29) is 11.9 Å². The fourth-order valence-electron chi connectivity index (χ4n) is 2.42. The zero-order chi connectivity index (χ0) is 13.0. The summed E-state index contributed by atoms with van der Waals surface area (Å²) in [6.07, 6.45) is 5.02. The Bertz CT molecular complexity index is 396. The van der Waals surface area contributed by atoms with Crippen molar-refractivity contribution in [2.45, 2.75) is 51.6 Å². The molecule has 0 bridgehead atoms. The smallest absolute Gasteiger partial charge is 0.234 e. The molecule has 0 aliphatic heterocycles. The largest absolute Gasteiger partial charge is 0.348 e. The van der Waals surface area contributed by atoms with E-state index in [0.717, 1.165) is 0 Å². The van der Waals surface area contributed by atoms with E-state index in [0.29, 0.717) is 12.6 Å². The van der Waals surface area contributed by atoms with Gasteiger partial charge in [-0.25, -0.2) is 0 Å². The Labute approximate surface area is 113 Å². The molecule has 1 aliphatic carbocycles. The highest BCUT2D eigenvalue weighted by molar-refractivity contribution is 7.12. The standard InChI is InChI=1S/C14H22N2OS/c1-10-7-8-13(18-10)11(2)16-14(17)9-15-12-5-3-4-6-12/h7-8,11-12,15H,3-6,9H2,1-2H3,(H,16,17). The average molecular weight is 266 g/mol. The van der Waals surface area contributed by atoms with Crippen LogP contribution in [0.1, 0.15) is 48.4 Å². The number of hydrogen-bond donors (Lipinski definition) is 2. The van der Waals surface area contributed by atoms with Crippen molar-refractivity contribution in [3.05, 3.63) is 21.9 Å². The van der Waals surface area contributed by atoms with Crippen molar-refractivity contribution in [2.24, 2.45) is 0 Å². The third kappa shape index (κ3) is 3.82. The number of carbonyl (C=O) groups is 1.